The molecule has 294 valence electrons. The number of nitrogens with zero attached hydrogens (tertiary/aromatic N) is 1. The van der Waals surface area contributed by atoms with E-state index in [0.717, 1.165) is 5.69 Å². The lowest BCUT2D eigenvalue weighted by Gasteiger charge is -2.37. The van der Waals surface area contributed by atoms with Gasteiger partial charge in [-0.15, -0.1) is 0 Å². The fourth-order valence-corrected chi connectivity index (χ4v) is 14.8. The average Bonchev–Trinajstić information content (AvgIpc) is 3.65. The van der Waals surface area contributed by atoms with Crippen molar-refractivity contribution in [1.82, 2.24) is 4.57 Å². The molecule has 0 aliphatic carbocycles. The Balaban J connectivity index is 1.33. The Morgan fingerprint density at radius 2 is 0.672 bits per heavy atom. The second-order valence-corrected chi connectivity index (χ2v) is 21.1. The van der Waals surface area contributed by atoms with Gasteiger partial charge in [0, 0.05) is 16.5 Å². The molecular weight excluding hydrogens is 751 g/mol. The molecule has 0 saturated heterocycles. The van der Waals surface area contributed by atoms with Gasteiger partial charge in [0.15, 0.2) is 8.07 Å². The summed E-state index contributed by atoms with van der Waals surface area (Å²) in [5, 5.41) is 7.94. The van der Waals surface area contributed by atoms with Gasteiger partial charge in [-0.2, -0.15) is 0 Å². The smallest absolute Gasteiger partial charge is 0.179 e. The molecule has 0 amide bonds. The first-order valence-electron chi connectivity index (χ1n) is 21.4. The number of benzene rings is 9. The predicted molar refractivity (Wildman–Crippen MR) is 261 cm³/mol. The minimum Gasteiger partial charge on any atom is -0.309 e. The van der Waals surface area contributed by atoms with Gasteiger partial charge in [0.05, 0.1) is 16.4 Å². The van der Waals surface area contributed by atoms with Crippen molar-refractivity contribution in [1.29, 1.82) is 0 Å². The molecule has 0 aliphatic rings. The zero-order valence-corrected chi connectivity index (χ0v) is 36.0. The van der Waals surface area contributed by atoms with Crippen LogP contribution in [0.5, 0.6) is 0 Å². The highest BCUT2D eigenvalue weighted by Crippen LogP contribution is 2.47. The van der Waals surface area contributed by atoms with Crippen LogP contribution in [0.4, 0.5) is 0 Å². The zero-order valence-electron chi connectivity index (χ0n) is 35.0. The number of rotatable bonds is 9. The Kier molecular flexibility index (Phi) is 9.74. The standard InChI is InChI=1S/C59H49NSi/c1-58(2,3)44-34-37-49(38-35-44)60-56-40-36-48(59(45-22-10-4-11-23-45,46-24-12-5-13-25-46)47-26-14-6-15-27-47)42-54(56)55-43-53(39-41-57(55)60)61(50-28-16-7-17-29-50,51-30-18-8-19-31-51)52-32-20-9-21-33-52/h4-43H,1-3H3. The minimum absolute atomic E-state index is 0.0546. The molecule has 10 rings (SSSR count). The van der Waals surface area contributed by atoms with Crippen LogP contribution in [0, 0.1) is 0 Å². The topological polar surface area (TPSA) is 4.93 Å². The van der Waals surface area contributed by atoms with Gasteiger partial charge in [0.1, 0.15) is 0 Å². The highest BCUT2D eigenvalue weighted by atomic mass is 28.3. The van der Waals surface area contributed by atoms with Gasteiger partial charge in [0.2, 0.25) is 0 Å². The van der Waals surface area contributed by atoms with E-state index in [9.17, 15) is 0 Å². The Morgan fingerprint density at radius 3 is 1.08 bits per heavy atom. The van der Waals surface area contributed by atoms with Crippen LogP contribution in [0.25, 0.3) is 27.5 Å². The summed E-state index contributed by atoms with van der Waals surface area (Å²) in [5.41, 5.74) is 9.28. The van der Waals surface area contributed by atoms with Crippen molar-refractivity contribution in [3.8, 4) is 5.69 Å². The Hall–Kier alpha value is -7.00. The number of fused-ring (bicyclic) bond motifs is 3. The second kappa shape index (κ2) is 15.5. The molecule has 0 radical (unpaired) electrons. The molecule has 0 bridgehead atoms. The summed E-state index contributed by atoms with van der Waals surface area (Å²) in [6.07, 6.45) is 0. The van der Waals surface area contributed by atoms with Crippen molar-refractivity contribution < 1.29 is 0 Å². The summed E-state index contributed by atoms with van der Waals surface area (Å²) in [5.74, 6) is 0. The molecule has 10 aromatic rings. The van der Waals surface area contributed by atoms with Crippen LogP contribution in [0.2, 0.25) is 0 Å². The van der Waals surface area contributed by atoms with Crippen molar-refractivity contribution in [3.05, 3.63) is 270 Å². The summed E-state index contributed by atoms with van der Waals surface area (Å²) in [6.45, 7) is 6.85. The first-order valence-corrected chi connectivity index (χ1v) is 23.4. The summed E-state index contributed by atoms with van der Waals surface area (Å²) in [4.78, 5) is 0. The molecule has 61 heavy (non-hydrogen) atoms. The molecule has 0 spiro atoms. The Labute approximate surface area is 361 Å². The largest absolute Gasteiger partial charge is 0.309 e. The SMILES string of the molecule is CC(C)(C)c1ccc(-n2c3ccc(C(c4ccccc4)(c4ccccc4)c4ccccc4)cc3c3cc([Si](c4ccccc4)(c4ccccc4)c4ccccc4)ccc32)cc1. The van der Waals surface area contributed by atoms with Gasteiger partial charge in [0.25, 0.3) is 0 Å². The Bertz CT molecular complexity index is 2680. The molecule has 2 heteroatoms. The first-order chi connectivity index (χ1) is 29.9. The average molecular weight is 800 g/mol. The molecule has 1 nitrogen and oxygen atoms in total. The minimum atomic E-state index is -2.82. The van der Waals surface area contributed by atoms with Gasteiger partial charge in [-0.05, 0) is 84.3 Å². The lowest BCUT2D eigenvalue weighted by molar-refractivity contribution is 0.590. The van der Waals surface area contributed by atoms with Gasteiger partial charge >= 0.3 is 0 Å². The molecular formula is C59H49NSi. The van der Waals surface area contributed by atoms with E-state index in [1.165, 1.54) is 70.4 Å². The van der Waals surface area contributed by atoms with E-state index in [1.54, 1.807) is 0 Å². The van der Waals surface area contributed by atoms with Crippen LogP contribution >= 0.6 is 0 Å². The summed E-state index contributed by atoms with van der Waals surface area (Å²) >= 11 is 0. The third-order valence-corrected chi connectivity index (χ3v) is 17.6. The van der Waals surface area contributed by atoms with Crippen LogP contribution in [0.3, 0.4) is 0 Å². The van der Waals surface area contributed by atoms with Crippen LogP contribution < -0.4 is 20.7 Å². The van der Waals surface area contributed by atoms with Gasteiger partial charge in [-0.1, -0.05) is 233 Å². The van der Waals surface area contributed by atoms with E-state index in [4.69, 9.17) is 0 Å². The zero-order chi connectivity index (χ0) is 41.4. The second-order valence-electron chi connectivity index (χ2n) is 17.3. The van der Waals surface area contributed by atoms with E-state index in [-0.39, 0.29) is 5.41 Å². The van der Waals surface area contributed by atoms with Gasteiger partial charge in [-0.25, -0.2) is 0 Å². The number of aromatic nitrogens is 1. The lowest BCUT2D eigenvalue weighted by atomic mass is 9.65. The molecule has 1 heterocycles. The number of hydrogen-bond acceptors (Lipinski definition) is 0. The van der Waals surface area contributed by atoms with E-state index < -0.39 is 13.5 Å². The third kappa shape index (κ3) is 6.38. The van der Waals surface area contributed by atoms with Crippen LogP contribution in [-0.4, -0.2) is 12.6 Å². The van der Waals surface area contributed by atoms with Crippen molar-refractivity contribution in [2.75, 3.05) is 0 Å². The monoisotopic (exact) mass is 799 g/mol. The Morgan fingerprint density at radius 1 is 0.311 bits per heavy atom. The lowest BCUT2D eigenvalue weighted by Crippen LogP contribution is -2.74. The normalized spacial score (nSPS) is 12.2. The molecule has 0 atom stereocenters. The van der Waals surface area contributed by atoms with Gasteiger partial charge in [-0.3, -0.25) is 0 Å². The highest BCUT2D eigenvalue weighted by molar-refractivity contribution is 7.20. The van der Waals surface area contributed by atoms with Crippen molar-refractivity contribution in [2.45, 2.75) is 31.6 Å². The molecule has 0 fully saturated rings. The maximum Gasteiger partial charge on any atom is 0.179 e. The van der Waals surface area contributed by atoms with E-state index in [2.05, 4.69) is 268 Å². The molecule has 0 N–H and O–H groups in total. The maximum atomic E-state index is 2.55. The molecule has 1 aromatic heterocycles. The van der Waals surface area contributed by atoms with E-state index in [1.807, 2.05) is 0 Å². The van der Waals surface area contributed by atoms with Crippen molar-refractivity contribution in [3.63, 3.8) is 0 Å². The van der Waals surface area contributed by atoms with Gasteiger partial charge < -0.3 is 4.57 Å². The molecule has 0 aliphatic heterocycles. The summed E-state index contributed by atoms with van der Waals surface area (Å²) < 4.78 is 2.48. The highest BCUT2D eigenvalue weighted by Gasteiger charge is 2.42. The quantitative estimate of drug-likeness (QED) is 0.101. The van der Waals surface area contributed by atoms with E-state index >= 15 is 0 Å². The summed E-state index contributed by atoms with van der Waals surface area (Å²) in [6, 6.07) is 90.8. The van der Waals surface area contributed by atoms with Crippen LogP contribution in [-0.2, 0) is 10.8 Å². The fraction of sp³-hybridized carbons (Fsp3) is 0.0847. The van der Waals surface area contributed by atoms with Crippen molar-refractivity contribution >= 4 is 50.6 Å². The molecule has 0 unspecified atom stereocenters. The van der Waals surface area contributed by atoms with Crippen molar-refractivity contribution in [2.24, 2.45) is 0 Å². The summed E-state index contributed by atoms with van der Waals surface area (Å²) in [7, 11) is -2.82. The molecule has 9 aromatic carbocycles. The number of hydrogen-bond donors (Lipinski definition) is 0. The molecule has 0 saturated carbocycles. The first kappa shape index (κ1) is 38.2. The maximum absolute atomic E-state index is 2.82. The van der Waals surface area contributed by atoms with Crippen LogP contribution in [0.15, 0.2) is 243 Å². The fourth-order valence-electron chi connectivity index (χ4n) is 10.0. The third-order valence-electron chi connectivity index (χ3n) is 12.9. The van der Waals surface area contributed by atoms with Crippen LogP contribution in [0.1, 0.15) is 48.6 Å². The predicted octanol–water partition coefficient (Wildman–Crippen LogP) is 11.8. The van der Waals surface area contributed by atoms with E-state index in [0.29, 0.717) is 0 Å².